The summed E-state index contributed by atoms with van der Waals surface area (Å²) < 4.78 is 18.9. The molecule has 112 valence electrons. The Kier molecular flexibility index (Phi) is 5.65. The van der Waals surface area contributed by atoms with Gasteiger partial charge >= 0.3 is 0 Å². The summed E-state index contributed by atoms with van der Waals surface area (Å²) in [5.74, 6) is 0.620. The standard InChI is InChI=1S/C17H20FNOS/c1-12(2)19-11-13-10-14(18)8-9-16(13)21-17-7-5-4-6-15(17)20-3/h4-10,12,19H,11H2,1-3H3. The number of benzene rings is 2. The fourth-order valence-electron chi connectivity index (χ4n) is 1.92. The molecule has 0 spiro atoms. The number of nitrogens with one attached hydrogen (secondary N) is 1. The maximum Gasteiger partial charge on any atom is 0.132 e. The Balaban J connectivity index is 2.26. The lowest BCUT2D eigenvalue weighted by Gasteiger charge is -2.14. The minimum absolute atomic E-state index is 0.208. The largest absolute Gasteiger partial charge is 0.496 e. The van der Waals surface area contributed by atoms with Gasteiger partial charge in [-0.05, 0) is 35.9 Å². The quantitative estimate of drug-likeness (QED) is 0.850. The van der Waals surface area contributed by atoms with E-state index in [2.05, 4.69) is 19.2 Å². The van der Waals surface area contributed by atoms with E-state index in [4.69, 9.17) is 4.74 Å². The van der Waals surface area contributed by atoms with Crippen LogP contribution in [0.5, 0.6) is 5.75 Å². The van der Waals surface area contributed by atoms with Crippen LogP contribution in [0.2, 0.25) is 0 Å². The van der Waals surface area contributed by atoms with Gasteiger partial charge in [-0.3, -0.25) is 0 Å². The monoisotopic (exact) mass is 305 g/mol. The maximum atomic E-state index is 13.5. The van der Waals surface area contributed by atoms with Crippen molar-refractivity contribution < 1.29 is 9.13 Å². The van der Waals surface area contributed by atoms with Crippen LogP contribution in [0, 0.1) is 5.82 Å². The van der Waals surface area contributed by atoms with Crippen LogP contribution in [0.15, 0.2) is 52.3 Å². The highest BCUT2D eigenvalue weighted by Gasteiger charge is 2.09. The van der Waals surface area contributed by atoms with E-state index in [1.165, 1.54) is 6.07 Å². The lowest BCUT2D eigenvalue weighted by atomic mass is 10.2. The van der Waals surface area contributed by atoms with E-state index >= 15 is 0 Å². The van der Waals surface area contributed by atoms with Crippen LogP contribution in [0.4, 0.5) is 4.39 Å². The zero-order valence-electron chi connectivity index (χ0n) is 12.5. The highest BCUT2D eigenvalue weighted by molar-refractivity contribution is 7.99. The maximum absolute atomic E-state index is 13.5. The molecule has 2 nitrogen and oxygen atoms in total. The summed E-state index contributed by atoms with van der Waals surface area (Å²) in [6, 6.07) is 13.1. The predicted molar refractivity (Wildman–Crippen MR) is 85.5 cm³/mol. The predicted octanol–water partition coefficient (Wildman–Crippen LogP) is 4.48. The van der Waals surface area contributed by atoms with E-state index in [0.717, 1.165) is 21.1 Å². The second-order valence-corrected chi connectivity index (χ2v) is 6.12. The molecule has 1 N–H and O–H groups in total. The third-order valence-electron chi connectivity index (χ3n) is 3.01. The van der Waals surface area contributed by atoms with E-state index in [-0.39, 0.29) is 5.82 Å². The first-order valence-electron chi connectivity index (χ1n) is 6.93. The zero-order chi connectivity index (χ0) is 15.2. The molecule has 0 unspecified atom stereocenters. The molecule has 2 rings (SSSR count). The molecular formula is C17H20FNOS. The fourth-order valence-corrected chi connectivity index (χ4v) is 2.96. The highest BCUT2D eigenvalue weighted by Crippen LogP contribution is 2.36. The minimum atomic E-state index is -0.208. The topological polar surface area (TPSA) is 21.3 Å². The van der Waals surface area contributed by atoms with E-state index in [1.54, 1.807) is 24.9 Å². The van der Waals surface area contributed by atoms with E-state index in [0.29, 0.717) is 12.6 Å². The van der Waals surface area contributed by atoms with Gasteiger partial charge in [0.25, 0.3) is 0 Å². The molecule has 4 heteroatoms. The smallest absolute Gasteiger partial charge is 0.132 e. The summed E-state index contributed by atoms with van der Waals surface area (Å²) in [4.78, 5) is 2.06. The SMILES string of the molecule is COc1ccccc1Sc1ccc(F)cc1CNC(C)C. The number of ether oxygens (including phenoxy) is 1. The van der Waals surface area contributed by atoms with Gasteiger partial charge in [-0.1, -0.05) is 37.7 Å². The average Bonchev–Trinajstić information content (AvgIpc) is 2.48. The van der Waals surface area contributed by atoms with Crippen LogP contribution >= 0.6 is 11.8 Å². The molecule has 0 atom stereocenters. The van der Waals surface area contributed by atoms with Gasteiger partial charge in [0, 0.05) is 17.5 Å². The Labute approximate surface area is 129 Å². The number of halogens is 1. The zero-order valence-corrected chi connectivity index (χ0v) is 13.3. The Morgan fingerprint density at radius 3 is 2.62 bits per heavy atom. The minimum Gasteiger partial charge on any atom is -0.496 e. The van der Waals surface area contributed by atoms with Crippen molar-refractivity contribution in [1.82, 2.24) is 5.32 Å². The van der Waals surface area contributed by atoms with Crippen molar-refractivity contribution in [3.05, 3.63) is 53.8 Å². The normalized spacial score (nSPS) is 10.9. The molecule has 0 heterocycles. The molecule has 0 saturated carbocycles. The Hall–Kier alpha value is -1.52. The van der Waals surface area contributed by atoms with E-state index in [1.807, 2.05) is 30.3 Å². The van der Waals surface area contributed by atoms with Gasteiger partial charge in [0.2, 0.25) is 0 Å². The van der Waals surface area contributed by atoms with Crippen molar-refractivity contribution in [1.29, 1.82) is 0 Å². The van der Waals surface area contributed by atoms with E-state index < -0.39 is 0 Å². The molecule has 21 heavy (non-hydrogen) atoms. The van der Waals surface area contributed by atoms with Crippen molar-refractivity contribution in [2.24, 2.45) is 0 Å². The van der Waals surface area contributed by atoms with Gasteiger partial charge in [0.05, 0.1) is 12.0 Å². The third-order valence-corrected chi connectivity index (χ3v) is 4.19. The number of methoxy groups -OCH3 is 1. The molecule has 2 aromatic rings. The molecule has 0 amide bonds. The van der Waals surface area contributed by atoms with E-state index in [9.17, 15) is 4.39 Å². The van der Waals surface area contributed by atoms with Crippen LogP contribution in [0.3, 0.4) is 0 Å². The fraction of sp³-hybridized carbons (Fsp3) is 0.294. The van der Waals surface area contributed by atoms with Gasteiger partial charge in [-0.25, -0.2) is 4.39 Å². The summed E-state index contributed by atoms with van der Waals surface area (Å²) >= 11 is 1.59. The van der Waals surface area contributed by atoms with Crippen LogP contribution in [-0.4, -0.2) is 13.2 Å². The van der Waals surface area contributed by atoms with Crippen molar-refractivity contribution in [2.45, 2.75) is 36.2 Å². The van der Waals surface area contributed by atoms with Crippen molar-refractivity contribution in [3.8, 4) is 5.75 Å². The number of hydrogen-bond acceptors (Lipinski definition) is 3. The van der Waals surface area contributed by atoms with Crippen LogP contribution < -0.4 is 10.1 Å². The molecule has 0 radical (unpaired) electrons. The number of rotatable bonds is 6. The molecule has 0 aromatic heterocycles. The molecule has 2 aromatic carbocycles. The van der Waals surface area contributed by atoms with Gasteiger partial charge in [-0.15, -0.1) is 0 Å². The first-order valence-corrected chi connectivity index (χ1v) is 7.74. The number of hydrogen-bond donors (Lipinski definition) is 1. The van der Waals surface area contributed by atoms with Crippen LogP contribution in [0.25, 0.3) is 0 Å². The first kappa shape index (κ1) is 15.9. The van der Waals surface area contributed by atoms with Gasteiger partial charge in [0.15, 0.2) is 0 Å². The molecule has 0 aliphatic heterocycles. The lowest BCUT2D eigenvalue weighted by molar-refractivity contribution is 0.405. The van der Waals surface area contributed by atoms with Crippen molar-refractivity contribution in [3.63, 3.8) is 0 Å². The molecule has 0 aliphatic rings. The molecule has 0 saturated heterocycles. The molecular weight excluding hydrogens is 285 g/mol. The Morgan fingerprint density at radius 1 is 1.14 bits per heavy atom. The van der Waals surface area contributed by atoms with Crippen LogP contribution in [0.1, 0.15) is 19.4 Å². The lowest BCUT2D eigenvalue weighted by Crippen LogP contribution is -2.22. The van der Waals surface area contributed by atoms with Crippen LogP contribution in [-0.2, 0) is 6.54 Å². The van der Waals surface area contributed by atoms with Gasteiger partial charge in [-0.2, -0.15) is 0 Å². The summed E-state index contributed by atoms with van der Waals surface area (Å²) in [6.07, 6.45) is 0. The second-order valence-electron chi connectivity index (χ2n) is 5.04. The van der Waals surface area contributed by atoms with Crippen molar-refractivity contribution >= 4 is 11.8 Å². The third kappa shape index (κ3) is 4.48. The van der Waals surface area contributed by atoms with Gasteiger partial charge in [0.1, 0.15) is 11.6 Å². The Morgan fingerprint density at radius 2 is 1.90 bits per heavy atom. The summed E-state index contributed by atoms with van der Waals surface area (Å²) in [6.45, 7) is 4.80. The summed E-state index contributed by atoms with van der Waals surface area (Å²) in [7, 11) is 1.66. The number of para-hydroxylation sites is 1. The van der Waals surface area contributed by atoms with Gasteiger partial charge < -0.3 is 10.1 Å². The molecule has 0 fully saturated rings. The highest BCUT2D eigenvalue weighted by atomic mass is 32.2. The first-order chi connectivity index (χ1) is 10.1. The molecule has 0 aliphatic carbocycles. The molecule has 0 bridgehead atoms. The second kappa shape index (κ2) is 7.48. The summed E-state index contributed by atoms with van der Waals surface area (Å²) in [5, 5.41) is 3.33. The average molecular weight is 305 g/mol. The Bertz CT molecular complexity index is 601. The summed E-state index contributed by atoms with van der Waals surface area (Å²) in [5.41, 5.74) is 0.958. The van der Waals surface area contributed by atoms with Crippen molar-refractivity contribution in [2.75, 3.05) is 7.11 Å².